The second kappa shape index (κ2) is 18.1. The maximum absolute atomic E-state index is 17.2. The Morgan fingerprint density at radius 2 is 1.61 bits per heavy atom. The Morgan fingerprint density at radius 1 is 0.867 bits per heavy atom. The van der Waals surface area contributed by atoms with Gasteiger partial charge in [0.25, 0.3) is 0 Å². The number of carbonyl (C=O) groups is 3. The van der Waals surface area contributed by atoms with E-state index in [1.165, 1.54) is 0 Å². The van der Waals surface area contributed by atoms with Crippen molar-refractivity contribution in [3.63, 3.8) is 0 Å². The van der Waals surface area contributed by atoms with Gasteiger partial charge in [0.2, 0.25) is 17.7 Å². The van der Waals surface area contributed by atoms with Gasteiger partial charge in [-0.05, 0) is 162 Å². The molecule has 6 aliphatic heterocycles. The number of anilines is 2. The highest BCUT2D eigenvalue weighted by Gasteiger charge is 2.57. The Morgan fingerprint density at radius 3 is 2.33 bits per heavy atom. The summed E-state index contributed by atoms with van der Waals surface area (Å²) >= 11 is 0. The standard InChI is InChI=1S/C59H69F2N9O5/c1-4-35-6-5-7-36-26-41(71)28-42(48(35)36)51-49(60)52-43(29-62-51)50(37-24-38-8-9-39(25-37)63-38)65-55(66-52)75-34-58(14-15-58)32-67-18-16-57(17-19-67)30-59(61,31-57)33-68-20-22-69(23-21-68)40-10-11-45-44(27-40)56(2,3)54(74)70(45)46-12-13-47(72)64-53(46)73/h5-7,10-11,26-29,37-39,46,63,71H,4,8-9,12-25,30-34H2,1-3H3,(H,64,72,73). The smallest absolute Gasteiger partial charge is 0.317 e. The van der Waals surface area contributed by atoms with Gasteiger partial charge in [0.05, 0.1) is 17.7 Å². The Balaban J connectivity index is 0.635. The number of imide groups is 1. The van der Waals surface area contributed by atoms with Crippen molar-refractivity contribution in [3.05, 3.63) is 77.4 Å². The molecule has 7 fully saturated rings. The summed E-state index contributed by atoms with van der Waals surface area (Å²) in [5, 5.41) is 19.3. The second-order valence-corrected chi connectivity index (χ2v) is 24.5. The number of carbonyl (C=O) groups excluding carboxylic acids is 3. The summed E-state index contributed by atoms with van der Waals surface area (Å²) in [6.07, 6.45) is 12.3. The third-order valence-electron chi connectivity index (χ3n) is 19.0. The number of aromatic hydroxyl groups is 1. The minimum Gasteiger partial charge on any atom is -0.508 e. The number of alkyl halides is 1. The summed E-state index contributed by atoms with van der Waals surface area (Å²) in [6.45, 7) is 12.6. The third kappa shape index (κ3) is 8.70. The lowest BCUT2D eigenvalue weighted by Gasteiger charge is -2.57. The number of nitrogens with one attached hydrogen (secondary N) is 2. The topological polar surface area (TPSA) is 156 Å². The number of phenolic OH excluding ortho intramolecular Hbond substituents is 1. The fourth-order valence-electron chi connectivity index (χ4n) is 14.8. The summed E-state index contributed by atoms with van der Waals surface area (Å²) in [5.41, 5.74) is 3.39. The first-order valence-corrected chi connectivity index (χ1v) is 27.8. The minimum absolute atomic E-state index is 0.0367. The van der Waals surface area contributed by atoms with Crippen LogP contribution in [0.2, 0.25) is 0 Å². The van der Waals surface area contributed by atoms with Gasteiger partial charge in [0.1, 0.15) is 28.7 Å². The zero-order valence-electron chi connectivity index (χ0n) is 43.5. The highest BCUT2D eigenvalue weighted by atomic mass is 19.1. The molecule has 14 nitrogen and oxygen atoms in total. The molecule has 2 bridgehead atoms. The van der Waals surface area contributed by atoms with Crippen molar-refractivity contribution in [1.82, 2.24) is 35.4 Å². The number of amides is 3. The molecular formula is C59H69F2N9O5. The quantitative estimate of drug-likeness (QED) is 0.103. The molecule has 3 atom stereocenters. The number of hydrogen-bond acceptors (Lipinski definition) is 12. The fourth-order valence-corrected chi connectivity index (χ4v) is 14.8. The van der Waals surface area contributed by atoms with Gasteiger partial charge >= 0.3 is 6.01 Å². The lowest BCUT2D eigenvalue weighted by atomic mass is 9.55. The van der Waals surface area contributed by atoms with Crippen molar-refractivity contribution >= 4 is 50.8 Å². The van der Waals surface area contributed by atoms with Crippen LogP contribution in [-0.2, 0) is 26.2 Å². The van der Waals surface area contributed by atoms with Gasteiger partial charge in [-0.1, -0.05) is 25.1 Å². The predicted molar refractivity (Wildman–Crippen MR) is 283 cm³/mol. The molecule has 2 aliphatic carbocycles. The van der Waals surface area contributed by atoms with E-state index in [-0.39, 0.29) is 58.0 Å². The Labute approximate surface area is 437 Å². The van der Waals surface area contributed by atoms with Crippen molar-refractivity contribution in [2.75, 3.05) is 68.8 Å². The number of phenols is 1. The molecule has 8 aliphatic rings. The van der Waals surface area contributed by atoms with E-state index in [0.29, 0.717) is 55.4 Å². The molecule has 0 radical (unpaired) electrons. The molecule has 2 aromatic heterocycles. The third-order valence-corrected chi connectivity index (χ3v) is 19.0. The summed E-state index contributed by atoms with van der Waals surface area (Å²) in [7, 11) is 0. The number of piperazine rings is 1. The molecule has 16 heteroatoms. The van der Waals surface area contributed by atoms with Crippen LogP contribution >= 0.6 is 0 Å². The summed E-state index contributed by atoms with van der Waals surface area (Å²) in [6, 6.07) is 15.6. The van der Waals surface area contributed by atoms with Crippen LogP contribution < -0.4 is 25.2 Å². The van der Waals surface area contributed by atoms with E-state index < -0.39 is 28.8 Å². The molecule has 3 aromatic carbocycles. The SMILES string of the molecule is CCc1cccc2cc(O)cc(-c3ncc4c(C5CC6CCC(C5)N6)nc(OCC5(CN6CCC7(CC6)CC(F)(CN6CCN(c8ccc9c(c8)C(C)(C)C(=O)N9C8CCC(=O)NC8=O)CC6)C7)CC5)nc4c3F)c12. The van der Waals surface area contributed by atoms with Gasteiger partial charge in [-0.15, -0.1) is 0 Å². The maximum Gasteiger partial charge on any atom is 0.317 e. The van der Waals surface area contributed by atoms with E-state index in [1.54, 1.807) is 23.2 Å². The number of benzene rings is 3. The van der Waals surface area contributed by atoms with Crippen LogP contribution in [0.1, 0.15) is 121 Å². The lowest BCUT2D eigenvalue weighted by molar-refractivity contribution is -0.136. The molecule has 75 heavy (non-hydrogen) atoms. The number of piperidine rings is 3. The van der Waals surface area contributed by atoms with E-state index in [1.807, 2.05) is 44.2 Å². The van der Waals surface area contributed by atoms with E-state index in [9.17, 15) is 19.5 Å². The molecule has 1 spiro atoms. The van der Waals surface area contributed by atoms with Gasteiger partial charge < -0.3 is 25.0 Å². The number of aryl methyl sites for hydroxylation is 1. The first-order valence-electron chi connectivity index (χ1n) is 27.8. The number of hydrogen-bond donors (Lipinski definition) is 3. The minimum atomic E-state index is -1.19. The van der Waals surface area contributed by atoms with Gasteiger partial charge in [-0.25, -0.2) is 8.78 Å². The van der Waals surface area contributed by atoms with E-state index in [0.717, 1.165) is 143 Å². The number of aromatic nitrogens is 3. The molecule has 3 N–H and O–H groups in total. The van der Waals surface area contributed by atoms with Crippen molar-refractivity contribution in [3.8, 4) is 23.0 Å². The number of likely N-dealkylation sites (tertiary alicyclic amines) is 1. The number of pyridine rings is 1. The second-order valence-electron chi connectivity index (χ2n) is 24.5. The molecule has 394 valence electrons. The van der Waals surface area contributed by atoms with Crippen LogP contribution in [0.4, 0.5) is 20.2 Å². The Hall–Kier alpha value is -5.84. The first kappa shape index (κ1) is 48.8. The first-order chi connectivity index (χ1) is 36.1. The van der Waals surface area contributed by atoms with Crippen LogP contribution in [0, 0.1) is 16.6 Å². The van der Waals surface area contributed by atoms with Crippen LogP contribution in [0.25, 0.3) is 32.9 Å². The number of ether oxygens (including phenoxy) is 1. The van der Waals surface area contributed by atoms with Crippen LogP contribution in [0.15, 0.2) is 54.7 Å². The number of halogens is 2. The van der Waals surface area contributed by atoms with Crippen molar-refractivity contribution in [2.45, 2.75) is 139 Å². The van der Waals surface area contributed by atoms with Gasteiger partial charge in [-0.3, -0.25) is 34.5 Å². The molecule has 13 rings (SSSR count). The molecule has 5 saturated heterocycles. The molecule has 8 heterocycles. The molecule has 2 saturated carbocycles. The van der Waals surface area contributed by atoms with Gasteiger partial charge in [0.15, 0.2) is 5.82 Å². The maximum atomic E-state index is 17.2. The van der Waals surface area contributed by atoms with Crippen molar-refractivity contribution in [1.29, 1.82) is 0 Å². The van der Waals surface area contributed by atoms with E-state index in [2.05, 4.69) is 38.3 Å². The fraction of sp³-hybridized carbons (Fsp3) is 0.559. The lowest BCUT2D eigenvalue weighted by Crippen LogP contribution is -2.60. The normalized spacial score (nSPS) is 26.7. The van der Waals surface area contributed by atoms with Crippen molar-refractivity contribution in [2.24, 2.45) is 10.8 Å². The van der Waals surface area contributed by atoms with Crippen molar-refractivity contribution < 1.29 is 33.0 Å². The zero-order chi connectivity index (χ0) is 51.6. The number of fused-ring (bicyclic) bond motifs is 5. The van der Waals surface area contributed by atoms with Crippen LogP contribution in [-0.4, -0.2) is 130 Å². The number of nitrogens with zero attached hydrogens (tertiary/aromatic N) is 7. The molecular weight excluding hydrogens is 953 g/mol. The predicted octanol–water partition coefficient (Wildman–Crippen LogP) is 8.25. The van der Waals surface area contributed by atoms with E-state index >= 15 is 8.78 Å². The summed E-state index contributed by atoms with van der Waals surface area (Å²) in [4.78, 5) is 61.8. The zero-order valence-corrected chi connectivity index (χ0v) is 43.5. The molecule has 5 aromatic rings. The average molecular weight is 1020 g/mol. The average Bonchev–Trinajstić information content (AvgIpc) is 4.04. The highest BCUT2D eigenvalue weighted by molar-refractivity contribution is 6.14. The largest absolute Gasteiger partial charge is 0.508 e. The number of rotatable bonds is 12. The molecule has 3 amide bonds. The Kier molecular flexibility index (Phi) is 11.8. The van der Waals surface area contributed by atoms with Crippen LogP contribution in [0.3, 0.4) is 0 Å². The Bertz CT molecular complexity index is 3130. The van der Waals surface area contributed by atoms with Gasteiger partial charge in [-0.2, -0.15) is 9.97 Å². The van der Waals surface area contributed by atoms with Gasteiger partial charge in [0, 0.05) is 97.6 Å². The monoisotopic (exact) mass is 1020 g/mol. The molecule has 3 unspecified atom stereocenters. The summed E-state index contributed by atoms with van der Waals surface area (Å²) < 4.78 is 40.4. The van der Waals surface area contributed by atoms with Crippen LogP contribution in [0.5, 0.6) is 11.8 Å². The van der Waals surface area contributed by atoms with E-state index in [4.69, 9.17) is 19.7 Å². The summed E-state index contributed by atoms with van der Waals surface area (Å²) in [5.74, 6) is -1.22. The highest BCUT2D eigenvalue weighted by Crippen LogP contribution is 2.58.